The van der Waals surface area contributed by atoms with Gasteiger partial charge in [0, 0.05) is 16.3 Å². The van der Waals surface area contributed by atoms with Crippen molar-refractivity contribution < 1.29 is 19.4 Å². The zero-order valence-corrected chi connectivity index (χ0v) is 16.7. The zero-order valence-electron chi connectivity index (χ0n) is 15.9. The van der Waals surface area contributed by atoms with E-state index in [0.29, 0.717) is 10.6 Å². The molecule has 0 atom stereocenters. The number of nitrogens with one attached hydrogen (secondary N) is 1. The van der Waals surface area contributed by atoms with Crippen LogP contribution in [-0.4, -0.2) is 31.9 Å². The lowest BCUT2D eigenvalue weighted by atomic mass is 10.1. The Morgan fingerprint density at radius 2 is 1.97 bits per heavy atom. The molecule has 0 saturated heterocycles. The molecule has 0 aliphatic heterocycles. The quantitative estimate of drug-likeness (QED) is 0.506. The van der Waals surface area contributed by atoms with Gasteiger partial charge < -0.3 is 19.6 Å². The van der Waals surface area contributed by atoms with Crippen LogP contribution in [0, 0.1) is 0 Å². The fourth-order valence-corrected chi connectivity index (χ4v) is 3.99. The van der Waals surface area contributed by atoms with E-state index in [0.717, 1.165) is 21.4 Å². The summed E-state index contributed by atoms with van der Waals surface area (Å²) in [6, 6.07) is 13.3. The molecule has 29 heavy (non-hydrogen) atoms. The lowest BCUT2D eigenvalue weighted by Gasteiger charge is -2.20. The van der Waals surface area contributed by atoms with Gasteiger partial charge in [0.2, 0.25) is 0 Å². The number of pyridine rings is 1. The van der Waals surface area contributed by atoms with Crippen molar-refractivity contribution in [2.24, 2.45) is 0 Å². The first-order valence-electron chi connectivity index (χ1n) is 8.98. The molecule has 0 spiro atoms. The molecule has 7 nitrogen and oxygen atoms in total. The van der Waals surface area contributed by atoms with Gasteiger partial charge in [-0.25, -0.2) is 9.78 Å². The van der Waals surface area contributed by atoms with E-state index in [2.05, 4.69) is 10.3 Å². The molecule has 148 valence electrons. The minimum absolute atomic E-state index is 0.217. The number of amides is 1. The maximum Gasteiger partial charge on any atom is 0.328 e. The van der Waals surface area contributed by atoms with Gasteiger partial charge >= 0.3 is 5.97 Å². The Hall–Kier alpha value is -3.39. The minimum Gasteiger partial charge on any atom is -0.485 e. The van der Waals surface area contributed by atoms with Crippen LogP contribution in [0.4, 0.5) is 0 Å². The number of thiophene rings is 1. The maximum atomic E-state index is 12.9. The van der Waals surface area contributed by atoms with E-state index in [1.165, 1.54) is 25.2 Å². The molecule has 0 bridgehead atoms. The van der Waals surface area contributed by atoms with Crippen molar-refractivity contribution >= 4 is 38.9 Å². The number of imidazole rings is 1. The van der Waals surface area contributed by atoms with E-state index in [1.54, 1.807) is 6.20 Å². The van der Waals surface area contributed by atoms with Crippen molar-refractivity contribution in [3.05, 3.63) is 65.4 Å². The van der Waals surface area contributed by atoms with Crippen LogP contribution < -0.4 is 10.1 Å². The van der Waals surface area contributed by atoms with Crippen molar-refractivity contribution in [1.82, 2.24) is 14.7 Å². The molecule has 1 amide bonds. The highest BCUT2D eigenvalue weighted by Crippen LogP contribution is 2.38. The van der Waals surface area contributed by atoms with Crippen molar-refractivity contribution in [1.29, 1.82) is 0 Å². The Bertz CT molecular complexity index is 1230. The highest BCUT2D eigenvalue weighted by Gasteiger charge is 2.31. The van der Waals surface area contributed by atoms with Crippen LogP contribution in [0.3, 0.4) is 0 Å². The number of aliphatic carboxylic acids is 1. The Kier molecular flexibility index (Phi) is 4.71. The second kappa shape index (κ2) is 7.21. The monoisotopic (exact) mass is 409 g/mol. The first-order valence-corrected chi connectivity index (χ1v) is 9.79. The number of ether oxygens (including phenoxy) is 1. The summed E-state index contributed by atoms with van der Waals surface area (Å²) in [5, 5.41) is 12.7. The van der Waals surface area contributed by atoms with Crippen LogP contribution in [0.15, 0.2) is 54.9 Å². The Labute approximate surface area is 170 Å². The van der Waals surface area contributed by atoms with Crippen molar-refractivity contribution in [3.8, 4) is 5.75 Å². The maximum absolute atomic E-state index is 12.9. The normalized spacial score (nSPS) is 11.7. The molecule has 0 saturated carbocycles. The Balaban J connectivity index is 1.68. The molecule has 0 fully saturated rings. The average Bonchev–Trinajstić information content (AvgIpc) is 3.27. The summed E-state index contributed by atoms with van der Waals surface area (Å²) < 4.78 is 8.89. The lowest BCUT2D eigenvalue weighted by Crippen LogP contribution is -2.49. The highest BCUT2D eigenvalue weighted by atomic mass is 32.1. The van der Waals surface area contributed by atoms with Crippen LogP contribution in [0.25, 0.3) is 15.7 Å². The highest BCUT2D eigenvalue weighted by molar-refractivity contribution is 7.21. The lowest BCUT2D eigenvalue weighted by molar-refractivity contribution is -0.143. The molecule has 1 aromatic carbocycles. The van der Waals surface area contributed by atoms with Gasteiger partial charge in [-0.2, -0.15) is 0 Å². The summed E-state index contributed by atoms with van der Waals surface area (Å²) in [4.78, 5) is 29.0. The molecule has 0 radical (unpaired) electrons. The standard InChI is InChI=1S/C21H19N3O4S/c1-21(2,20(26)27)23-19(25)18-17(14-7-3-4-8-15(14)29-18)28-12-13-11-22-16-9-5-6-10-24(13)16/h3-11H,12H2,1-2H3,(H,23,25)(H,26,27). The number of nitrogens with zero attached hydrogens (tertiary/aromatic N) is 2. The molecular formula is C21H19N3O4S. The molecule has 0 aliphatic rings. The summed E-state index contributed by atoms with van der Waals surface area (Å²) in [7, 11) is 0. The van der Waals surface area contributed by atoms with E-state index in [1.807, 2.05) is 53.1 Å². The van der Waals surface area contributed by atoms with Crippen LogP contribution in [0.1, 0.15) is 29.2 Å². The van der Waals surface area contributed by atoms with Gasteiger partial charge in [0.25, 0.3) is 5.91 Å². The summed E-state index contributed by atoms with van der Waals surface area (Å²) in [5.41, 5.74) is 0.252. The number of carbonyl (C=O) groups excluding carboxylic acids is 1. The number of aromatic nitrogens is 2. The van der Waals surface area contributed by atoms with E-state index in [-0.39, 0.29) is 6.61 Å². The third-order valence-electron chi connectivity index (χ3n) is 4.57. The van der Waals surface area contributed by atoms with Gasteiger partial charge in [-0.15, -0.1) is 11.3 Å². The number of rotatable bonds is 6. The third kappa shape index (κ3) is 3.54. The molecule has 2 N–H and O–H groups in total. The van der Waals surface area contributed by atoms with Crippen molar-refractivity contribution in [2.75, 3.05) is 0 Å². The molecule has 3 heterocycles. The number of benzene rings is 1. The summed E-state index contributed by atoms with van der Waals surface area (Å²) >= 11 is 1.27. The minimum atomic E-state index is -1.40. The molecular weight excluding hydrogens is 390 g/mol. The number of hydrogen-bond acceptors (Lipinski definition) is 5. The van der Waals surface area contributed by atoms with Crippen LogP contribution >= 0.6 is 11.3 Å². The molecule has 4 rings (SSSR count). The van der Waals surface area contributed by atoms with E-state index in [4.69, 9.17) is 4.74 Å². The van der Waals surface area contributed by atoms with Gasteiger partial charge in [0.15, 0.2) is 5.75 Å². The first kappa shape index (κ1) is 18.9. The smallest absolute Gasteiger partial charge is 0.328 e. The number of carbonyl (C=O) groups is 2. The summed E-state index contributed by atoms with van der Waals surface area (Å²) in [6.07, 6.45) is 3.63. The zero-order chi connectivity index (χ0) is 20.6. The van der Waals surface area contributed by atoms with Gasteiger partial charge in [0.1, 0.15) is 22.7 Å². The predicted molar refractivity (Wildman–Crippen MR) is 111 cm³/mol. The van der Waals surface area contributed by atoms with Crippen LogP contribution in [-0.2, 0) is 11.4 Å². The second-order valence-corrected chi connectivity index (χ2v) is 8.16. The van der Waals surface area contributed by atoms with Crippen molar-refractivity contribution in [3.63, 3.8) is 0 Å². The SMILES string of the molecule is CC(C)(NC(=O)c1sc2ccccc2c1OCc1cnc2ccccn12)C(=O)O. The number of carboxylic acids is 1. The average molecular weight is 409 g/mol. The van der Waals surface area contributed by atoms with E-state index in [9.17, 15) is 14.7 Å². The Morgan fingerprint density at radius 3 is 2.76 bits per heavy atom. The predicted octanol–water partition coefficient (Wildman–Crippen LogP) is 3.72. The van der Waals surface area contributed by atoms with Gasteiger partial charge in [-0.05, 0) is 38.1 Å². The first-order chi connectivity index (χ1) is 13.9. The number of hydrogen-bond donors (Lipinski definition) is 2. The topological polar surface area (TPSA) is 92.9 Å². The second-order valence-electron chi connectivity index (χ2n) is 7.11. The molecule has 4 aromatic rings. The van der Waals surface area contributed by atoms with Gasteiger partial charge in [-0.3, -0.25) is 4.79 Å². The van der Waals surface area contributed by atoms with E-state index < -0.39 is 17.4 Å². The van der Waals surface area contributed by atoms with Crippen LogP contribution in [0.5, 0.6) is 5.75 Å². The van der Waals surface area contributed by atoms with Gasteiger partial charge in [0.05, 0.1) is 11.9 Å². The molecule has 8 heteroatoms. The van der Waals surface area contributed by atoms with Crippen LogP contribution in [0.2, 0.25) is 0 Å². The summed E-state index contributed by atoms with van der Waals surface area (Å²) in [6.45, 7) is 3.10. The molecule has 0 unspecified atom stereocenters. The van der Waals surface area contributed by atoms with Gasteiger partial charge in [-0.1, -0.05) is 18.2 Å². The molecule has 0 aliphatic carbocycles. The fraction of sp³-hybridized carbons (Fsp3) is 0.190. The van der Waals surface area contributed by atoms with Crippen molar-refractivity contribution in [2.45, 2.75) is 26.0 Å². The Morgan fingerprint density at radius 1 is 1.21 bits per heavy atom. The van der Waals surface area contributed by atoms with E-state index >= 15 is 0 Å². The fourth-order valence-electron chi connectivity index (χ4n) is 2.95. The molecule has 3 aromatic heterocycles. The summed E-state index contributed by atoms with van der Waals surface area (Å²) in [5.74, 6) is -1.15. The number of fused-ring (bicyclic) bond motifs is 2. The number of carboxylic acid groups (broad SMARTS) is 1. The third-order valence-corrected chi connectivity index (χ3v) is 5.73. The largest absolute Gasteiger partial charge is 0.485 e.